The molecular formula is C14H22N2O4. The van der Waals surface area contributed by atoms with E-state index in [1.54, 1.807) is 18.2 Å². The van der Waals surface area contributed by atoms with Crippen molar-refractivity contribution in [2.45, 2.75) is 39.2 Å². The number of nitro benzene ring substituents is 1. The first-order valence-corrected chi connectivity index (χ1v) is 6.87. The van der Waals surface area contributed by atoms with Gasteiger partial charge in [-0.3, -0.25) is 10.1 Å². The van der Waals surface area contributed by atoms with Crippen molar-refractivity contribution in [2.75, 3.05) is 18.5 Å². The van der Waals surface area contributed by atoms with E-state index in [9.17, 15) is 10.1 Å². The van der Waals surface area contributed by atoms with Gasteiger partial charge in [-0.15, -0.1) is 0 Å². The van der Waals surface area contributed by atoms with Crippen LogP contribution in [0.5, 0.6) is 5.75 Å². The molecule has 0 spiro atoms. The fourth-order valence-electron chi connectivity index (χ4n) is 1.89. The molecule has 1 atom stereocenters. The summed E-state index contributed by atoms with van der Waals surface area (Å²) < 4.78 is 5.43. The van der Waals surface area contributed by atoms with Gasteiger partial charge in [-0.1, -0.05) is 13.0 Å². The minimum absolute atomic E-state index is 0.0307. The first kappa shape index (κ1) is 16.2. The van der Waals surface area contributed by atoms with Crippen molar-refractivity contribution >= 4 is 11.4 Å². The molecule has 0 heterocycles. The Hall–Kier alpha value is -1.82. The molecule has 0 aromatic heterocycles. The van der Waals surface area contributed by atoms with E-state index in [0.717, 1.165) is 12.8 Å². The van der Waals surface area contributed by atoms with Gasteiger partial charge in [0.15, 0.2) is 5.75 Å². The maximum absolute atomic E-state index is 11.2. The monoisotopic (exact) mass is 282 g/mol. The first-order chi connectivity index (χ1) is 9.60. The molecule has 0 amide bonds. The average Bonchev–Trinajstić information content (AvgIpc) is 2.42. The van der Waals surface area contributed by atoms with Gasteiger partial charge in [0.05, 0.1) is 11.5 Å². The third-order valence-corrected chi connectivity index (χ3v) is 2.84. The number of nitrogens with zero attached hydrogens (tertiary/aromatic N) is 1. The van der Waals surface area contributed by atoms with Crippen LogP contribution >= 0.6 is 0 Å². The number of hydrogen-bond acceptors (Lipinski definition) is 5. The summed E-state index contributed by atoms with van der Waals surface area (Å²) in [6.07, 6.45) is 2.20. The van der Waals surface area contributed by atoms with Crippen LogP contribution in [0.4, 0.5) is 11.4 Å². The van der Waals surface area contributed by atoms with Gasteiger partial charge in [0.1, 0.15) is 5.69 Å². The van der Waals surface area contributed by atoms with Crippen LogP contribution in [0.25, 0.3) is 0 Å². The smallest absolute Gasteiger partial charge is 0.333 e. The van der Waals surface area contributed by atoms with Crippen LogP contribution in [0.2, 0.25) is 0 Å². The number of ether oxygens (including phenoxy) is 1. The molecule has 1 unspecified atom stereocenters. The van der Waals surface area contributed by atoms with Gasteiger partial charge in [-0.2, -0.15) is 0 Å². The summed E-state index contributed by atoms with van der Waals surface area (Å²) in [4.78, 5) is 10.8. The zero-order chi connectivity index (χ0) is 15.0. The van der Waals surface area contributed by atoms with Crippen LogP contribution in [0, 0.1) is 10.1 Å². The Morgan fingerprint density at radius 1 is 1.50 bits per heavy atom. The third-order valence-electron chi connectivity index (χ3n) is 2.84. The van der Waals surface area contributed by atoms with Crippen LogP contribution in [0.3, 0.4) is 0 Å². The highest BCUT2D eigenvalue weighted by Gasteiger charge is 2.21. The number of aliphatic hydroxyl groups is 1. The summed E-state index contributed by atoms with van der Waals surface area (Å²) in [5.41, 5.74) is 0.422. The van der Waals surface area contributed by atoms with Crippen LogP contribution in [0.15, 0.2) is 18.2 Å². The van der Waals surface area contributed by atoms with E-state index in [1.807, 2.05) is 13.8 Å². The summed E-state index contributed by atoms with van der Waals surface area (Å²) in [5.74, 6) is 0.288. The molecule has 20 heavy (non-hydrogen) atoms. The summed E-state index contributed by atoms with van der Waals surface area (Å²) in [6, 6.07) is 5.06. The largest absolute Gasteiger partial charge is 0.487 e. The second kappa shape index (κ2) is 8.37. The zero-order valence-corrected chi connectivity index (χ0v) is 12.0. The molecule has 0 radical (unpaired) electrons. The standard InChI is InChI=1S/C14H22N2O4/c1-3-10-20-13-8-4-7-12(14(13)16(18)19)15-11(2)6-5-9-17/h4,7-8,11,15,17H,3,5-6,9-10H2,1-2H3. The number of benzene rings is 1. The normalized spacial score (nSPS) is 11.9. The van der Waals surface area contributed by atoms with E-state index >= 15 is 0 Å². The fourth-order valence-corrected chi connectivity index (χ4v) is 1.89. The van der Waals surface area contributed by atoms with Crippen molar-refractivity contribution in [3.63, 3.8) is 0 Å². The molecule has 0 aliphatic rings. The van der Waals surface area contributed by atoms with Gasteiger partial charge < -0.3 is 15.2 Å². The quantitative estimate of drug-likeness (QED) is 0.537. The molecule has 0 aliphatic carbocycles. The number of nitrogens with one attached hydrogen (secondary N) is 1. The predicted molar refractivity (Wildman–Crippen MR) is 78.3 cm³/mol. The SMILES string of the molecule is CCCOc1cccc(NC(C)CCCO)c1[N+](=O)[O-]. The highest BCUT2D eigenvalue weighted by molar-refractivity contribution is 5.68. The molecule has 0 aliphatic heterocycles. The van der Waals surface area contributed by atoms with Crippen molar-refractivity contribution < 1.29 is 14.8 Å². The molecule has 0 saturated heterocycles. The first-order valence-electron chi connectivity index (χ1n) is 6.87. The Morgan fingerprint density at radius 2 is 2.25 bits per heavy atom. The Morgan fingerprint density at radius 3 is 2.85 bits per heavy atom. The molecule has 0 fully saturated rings. The molecule has 6 nitrogen and oxygen atoms in total. The van der Waals surface area contributed by atoms with Crippen LogP contribution in [-0.2, 0) is 0 Å². The molecule has 0 bridgehead atoms. The maximum Gasteiger partial charge on any atom is 0.333 e. The van der Waals surface area contributed by atoms with Gasteiger partial charge in [0.2, 0.25) is 0 Å². The molecule has 2 N–H and O–H groups in total. The zero-order valence-electron chi connectivity index (χ0n) is 12.0. The number of aliphatic hydroxyl groups excluding tert-OH is 1. The molecule has 1 aromatic carbocycles. The Kier molecular flexibility index (Phi) is 6.79. The highest BCUT2D eigenvalue weighted by atomic mass is 16.6. The second-order valence-corrected chi connectivity index (χ2v) is 4.67. The van der Waals surface area contributed by atoms with E-state index in [2.05, 4.69) is 5.32 Å². The maximum atomic E-state index is 11.2. The van der Waals surface area contributed by atoms with E-state index in [1.165, 1.54) is 0 Å². The van der Waals surface area contributed by atoms with Crippen LogP contribution in [0.1, 0.15) is 33.1 Å². The van der Waals surface area contributed by atoms with Crippen molar-refractivity contribution in [1.29, 1.82) is 0 Å². The van der Waals surface area contributed by atoms with E-state index < -0.39 is 4.92 Å². The van der Waals surface area contributed by atoms with Gasteiger partial charge in [0.25, 0.3) is 0 Å². The summed E-state index contributed by atoms with van der Waals surface area (Å²) in [6.45, 7) is 4.45. The van der Waals surface area contributed by atoms with Crippen LogP contribution < -0.4 is 10.1 Å². The summed E-state index contributed by atoms with van der Waals surface area (Å²) >= 11 is 0. The molecule has 1 aromatic rings. The topological polar surface area (TPSA) is 84.6 Å². The van der Waals surface area contributed by atoms with Crippen LogP contribution in [-0.4, -0.2) is 29.3 Å². The number of nitro groups is 1. The number of anilines is 1. The van der Waals surface area contributed by atoms with Gasteiger partial charge in [0, 0.05) is 12.6 Å². The van der Waals surface area contributed by atoms with E-state index in [0.29, 0.717) is 18.7 Å². The lowest BCUT2D eigenvalue weighted by molar-refractivity contribution is -0.385. The lowest BCUT2D eigenvalue weighted by Gasteiger charge is -2.16. The predicted octanol–water partition coefficient (Wildman–Crippen LogP) is 2.96. The van der Waals surface area contributed by atoms with Gasteiger partial charge in [-0.05, 0) is 38.3 Å². The Balaban J connectivity index is 2.91. The van der Waals surface area contributed by atoms with Crippen molar-refractivity contribution in [3.8, 4) is 5.75 Å². The number of rotatable bonds is 9. The fraction of sp³-hybridized carbons (Fsp3) is 0.571. The summed E-state index contributed by atoms with van der Waals surface area (Å²) in [5, 5.41) is 23.2. The third kappa shape index (κ3) is 4.70. The second-order valence-electron chi connectivity index (χ2n) is 4.67. The molecule has 1 rings (SSSR count). The molecule has 6 heteroatoms. The number of para-hydroxylation sites is 1. The molecular weight excluding hydrogens is 260 g/mol. The minimum atomic E-state index is -0.425. The number of hydrogen-bond donors (Lipinski definition) is 2. The van der Waals surface area contributed by atoms with Gasteiger partial charge in [-0.25, -0.2) is 0 Å². The Labute approximate surface area is 118 Å². The van der Waals surface area contributed by atoms with E-state index in [4.69, 9.17) is 9.84 Å². The van der Waals surface area contributed by atoms with E-state index in [-0.39, 0.29) is 24.1 Å². The highest BCUT2D eigenvalue weighted by Crippen LogP contribution is 2.35. The minimum Gasteiger partial charge on any atom is -0.487 e. The van der Waals surface area contributed by atoms with Crippen molar-refractivity contribution in [3.05, 3.63) is 28.3 Å². The average molecular weight is 282 g/mol. The lowest BCUT2D eigenvalue weighted by Crippen LogP contribution is -2.16. The van der Waals surface area contributed by atoms with Gasteiger partial charge >= 0.3 is 5.69 Å². The summed E-state index contributed by atoms with van der Waals surface area (Å²) in [7, 11) is 0. The lowest BCUT2D eigenvalue weighted by atomic mass is 10.1. The Bertz CT molecular complexity index is 437. The van der Waals surface area contributed by atoms with Crippen molar-refractivity contribution in [2.24, 2.45) is 0 Å². The molecule has 0 saturated carbocycles. The molecule has 112 valence electrons. The van der Waals surface area contributed by atoms with Crippen molar-refractivity contribution in [1.82, 2.24) is 0 Å².